The molecular weight excluding hydrogens is 194 g/mol. The average Bonchev–Trinajstić information content (AvgIpc) is 2.61. The van der Waals surface area contributed by atoms with Gasteiger partial charge in [-0.2, -0.15) is 5.26 Å². The molecule has 1 saturated heterocycles. The Hall–Kier alpha value is -0.920. The fourth-order valence-electron chi connectivity index (χ4n) is 1.92. The van der Waals surface area contributed by atoms with Gasteiger partial charge in [-0.05, 0) is 38.8 Å². The Morgan fingerprint density at radius 2 is 2.21 bits per heavy atom. The van der Waals surface area contributed by atoms with Crippen molar-refractivity contribution in [3.63, 3.8) is 0 Å². The third-order valence-corrected chi connectivity index (χ3v) is 3.86. The zero-order valence-corrected chi connectivity index (χ0v) is 9.02. The lowest BCUT2D eigenvalue weighted by molar-refractivity contribution is 0.463. The highest BCUT2D eigenvalue weighted by Gasteiger charge is 2.20. The molecule has 4 heteroatoms. The molecule has 14 heavy (non-hydrogen) atoms. The van der Waals surface area contributed by atoms with Crippen LogP contribution in [0, 0.1) is 18.3 Å². The summed E-state index contributed by atoms with van der Waals surface area (Å²) in [7, 11) is 0. The van der Waals surface area contributed by atoms with Gasteiger partial charge in [-0.25, -0.2) is 4.98 Å². The number of nitriles is 1. The lowest BCUT2D eigenvalue weighted by Crippen LogP contribution is -2.26. The minimum atomic E-state index is 0.607. The third kappa shape index (κ3) is 1.79. The molecule has 1 aliphatic heterocycles. The molecule has 0 amide bonds. The molecule has 1 aliphatic rings. The summed E-state index contributed by atoms with van der Waals surface area (Å²) >= 11 is 1.57. The lowest BCUT2D eigenvalue weighted by Gasteiger charge is -2.21. The molecule has 2 rings (SSSR count). The van der Waals surface area contributed by atoms with Crippen LogP contribution in [0.4, 0.5) is 0 Å². The first-order chi connectivity index (χ1) is 6.81. The van der Waals surface area contributed by atoms with E-state index in [1.54, 1.807) is 11.3 Å². The van der Waals surface area contributed by atoms with Gasteiger partial charge in [-0.1, -0.05) is 0 Å². The maximum Gasteiger partial charge on any atom is 0.194 e. The lowest BCUT2D eigenvalue weighted by atomic mass is 9.96. The van der Waals surface area contributed by atoms with Crippen molar-refractivity contribution < 1.29 is 0 Å². The van der Waals surface area contributed by atoms with E-state index in [9.17, 15) is 0 Å². The third-order valence-electron chi connectivity index (χ3n) is 2.64. The molecular formula is C10H13N3S. The predicted octanol–water partition coefficient (Wildman–Crippen LogP) is 1.79. The van der Waals surface area contributed by atoms with Crippen molar-refractivity contribution in [1.29, 1.82) is 5.26 Å². The Labute approximate surface area is 87.8 Å². The van der Waals surface area contributed by atoms with E-state index >= 15 is 0 Å². The van der Waals surface area contributed by atoms with Crippen LogP contribution in [0.25, 0.3) is 0 Å². The molecule has 0 spiro atoms. The highest BCUT2D eigenvalue weighted by molar-refractivity contribution is 7.12. The summed E-state index contributed by atoms with van der Waals surface area (Å²) in [6, 6.07) is 2.12. The van der Waals surface area contributed by atoms with Crippen molar-refractivity contribution in [1.82, 2.24) is 10.3 Å². The molecule has 0 radical (unpaired) electrons. The van der Waals surface area contributed by atoms with Gasteiger partial charge in [0, 0.05) is 4.88 Å². The van der Waals surface area contributed by atoms with E-state index in [0.717, 1.165) is 18.8 Å². The molecule has 0 aliphatic carbocycles. The van der Waals surface area contributed by atoms with Gasteiger partial charge in [-0.15, -0.1) is 11.3 Å². The number of hydrogen-bond acceptors (Lipinski definition) is 4. The Morgan fingerprint density at radius 1 is 1.50 bits per heavy atom. The highest BCUT2D eigenvalue weighted by atomic mass is 32.1. The van der Waals surface area contributed by atoms with Gasteiger partial charge in [0.25, 0.3) is 0 Å². The first-order valence-corrected chi connectivity index (χ1v) is 5.71. The number of thiazole rings is 1. The van der Waals surface area contributed by atoms with Gasteiger partial charge in [0.05, 0.1) is 5.69 Å². The maximum absolute atomic E-state index is 8.76. The Kier molecular flexibility index (Phi) is 2.80. The molecule has 1 aromatic rings. The second-order valence-corrected chi connectivity index (χ2v) is 4.64. The quantitative estimate of drug-likeness (QED) is 0.763. The van der Waals surface area contributed by atoms with Crippen LogP contribution in [0.1, 0.15) is 34.3 Å². The standard InChI is InChI=1S/C10H13N3S/c1-7-10(14-9(6-11)13-7)8-2-4-12-5-3-8/h8,12H,2-5H2,1H3. The summed E-state index contributed by atoms with van der Waals surface area (Å²) in [6.45, 7) is 4.18. The number of aryl methyl sites for hydroxylation is 1. The first-order valence-electron chi connectivity index (χ1n) is 4.89. The number of nitrogens with zero attached hydrogens (tertiary/aromatic N) is 2. The van der Waals surface area contributed by atoms with E-state index in [1.165, 1.54) is 17.7 Å². The summed E-state index contributed by atoms with van der Waals surface area (Å²) in [5, 5.41) is 12.7. The molecule has 0 aromatic carbocycles. The molecule has 0 unspecified atom stereocenters. The fourth-order valence-corrected chi connectivity index (χ4v) is 2.95. The summed E-state index contributed by atoms with van der Waals surface area (Å²) in [5.74, 6) is 0.621. The summed E-state index contributed by atoms with van der Waals surface area (Å²) in [4.78, 5) is 5.56. The molecule has 0 atom stereocenters. The number of aromatic nitrogens is 1. The minimum Gasteiger partial charge on any atom is -0.317 e. The molecule has 1 fully saturated rings. The predicted molar refractivity (Wildman–Crippen MR) is 56.4 cm³/mol. The molecule has 74 valence electrons. The Morgan fingerprint density at radius 3 is 2.79 bits per heavy atom. The molecule has 0 saturated carbocycles. The average molecular weight is 207 g/mol. The number of piperidine rings is 1. The zero-order valence-electron chi connectivity index (χ0n) is 8.21. The molecule has 3 nitrogen and oxygen atoms in total. The van der Waals surface area contributed by atoms with Gasteiger partial charge < -0.3 is 5.32 Å². The Balaban J connectivity index is 2.22. The van der Waals surface area contributed by atoms with Gasteiger partial charge in [0.2, 0.25) is 0 Å². The van der Waals surface area contributed by atoms with E-state index in [0.29, 0.717) is 10.9 Å². The molecule has 2 heterocycles. The number of rotatable bonds is 1. The summed E-state index contributed by atoms with van der Waals surface area (Å²) < 4.78 is 0. The largest absolute Gasteiger partial charge is 0.317 e. The van der Waals surface area contributed by atoms with Crippen molar-refractivity contribution in [3.05, 3.63) is 15.6 Å². The van der Waals surface area contributed by atoms with E-state index in [2.05, 4.69) is 16.4 Å². The van der Waals surface area contributed by atoms with E-state index in [-0.39, 0.29) is 0 Å². The second-order valence-electron chi connectivity index (χ2n) is 3.60. The van der Waals surface area contributed by atoms with Crippen LogP contribution in [-0.4, -0.2) is 18.1 Å². The number of hydrogen-bond donors (Lipinski definition) is 1. The monoisotopic (exact) mass is 207 g/mol. The summed E-state index contributed by atoms with van der Waals surface area (Å²) in [6.07, 6.45) is 2.35. The highest BCUT2D eigenvalue weighted by Crippen LogP contribution is 2.32. The van der Waals surface area contributed by atoms with E-state index < -0.39 is 0 Å². The first kappa shape index (κ1) is 9.63. The topological polar surface area (TPSA) is 48.7 Å². The van der Waals surface area contributed by atoms with Crippen LogP contribution in [0.15, 0.2) is 0 Å². The van der Waals surface area contributed by atoms with Crippen molar-refractivity contribution in [2.45, 2.75) is 25.7 Å². The fraction of sp³-hybridized carbons (Fsp3) is 0.600. The van der Waals surface area contributed by atoms with Gasteiger partial charge in [0.15, 0.2) is 5.01 Å². The van der Waals surface area contributed by atoms with Crippen LogP contribution in [0.5, 0.6) is 0 Å². The van der Waals surface area contributed by atoms with Crippen LogP contribution in [-0.2, 0) is 0 Å². The minimum absolute atomic E-state index is 0.607. The second kappa shape index (κ2) is 4.07. The normalized spacial score (nSPS) is 18.0. The van der Waals surface area contributed by atoms with Crippen molar-refractivity contribution in [2.75, 3.05) is 13.1 Å². The molecule has 0 bridgehead atoms. The summed E-state index contributed by atoms with van der Waals surface area (Å²) in [5.41, 5.74) is 1.05. The van der Waals surface area contributed by atoms with E-state index in [4.69, 9.17) is 5.26 Å². The van der Waals surface area contributed by atoms with Crippen molar-refractivity contribution in [2.24, 2.45) is 0 Å². The van der Waals surface area contributed by atoms with Crippen molar-refractivity contribution in [3.8, 4) is 6.07 Å². The number of nitrogens with one attached hydrogen (secondary N) is 1. The van der Waals surface area contributed by atoms with Crippen LogP contribution < -0.4 is 5.32 Å². The Bertz CT molecular complexity index is 358. The van der Waals surface area contributed by atoms with Crippen LogP contribution in [0.3, 0.4) is 0 Å². The van der Waals surface area contributed by atoms with Gasteiger partial charge in [-0.3, -0.25) is 0 Å². The molecule has 1 aromatic heterocycles. The molecule has 1 N–H and O–H groups in total. The van der Waals surface area contributed by atoms with Crippen LogP contribution >= 0.6 is 11.3 Å². The zero-order chi connectivity index (χ0) is 9.97. The smallest absolute Gasteiger partial charge is 0.194 e. The maximum atomic E-state index is 8.76. The van der Waals surface area contributed by atoms with Gasteiger partial charge >= 0.3 is 0 Å². The SMILES string of the molecule is Cc1nc(C#N)sc1C1CCNCC1. The van der Waals surface area contributed by atoms with Crippen molar-refractivity contribution >= 4 is 11.3 Å². The van der Waals surface area contributed by atoms with Crippen LogP contribution in [0.2, 0.25) is 0 Å². The van der Waals surface area contributed by atoms with E-state index in [1.807, 2.05) is 6.92 Å². The van der Waals surface area contributed by atoms with Gasteiger partial charge in [0.1, 0.15) is 6.07 Å².